The zero-order valence-corrected chi connectivity index (χ0v) is 13.7. The molecule has 2 N–H and O–H groups in total. The third-order valence-corrected chi connectivity index (χ3v) is 3.65. The normalized spacial score (nSPS) is 10.6. The SMILES string of the molecule is COc1ccccc1OCC(=O)NCCc1ccc2[nH]c(=O)oc2c1. The minimum Gasteiger partial charge on any atom is -0.493 e. The van der Waals surface area contributed by atoms with Gasteiger partial charge in [0.1, 0.15) is 0 Å². The van der Waals surface area contributed by atoms with Gasteiger partial charge in [0.15, 0.2) is 23.7 Å². The Balaban J connectivity index is 1.47. The second kappa shape index (κ2) is 7.57. The summed E-state index contributed by atoms with van der Waals surface area (Å²) in [6, 6.07) is 12.6. The monoisotopic (exact) mass is 342 g/mol. The highest BCUT2D eigenvalue weighted by atomic mass is 16.5. The van der Waals surface area contributed by atoms with E-state index in [0.717, 1.165) is 5.56 Å². The van der Waals surface area contributed by atoms with Crippen molar-refractivity contribution in [2.45, 2.75) is 6.42 Å². The van der Waals surface area contributed by atoms with Crippen LogP contribution in [0.15, 0.2) is 51.7 Å². The van der Waals surface area contributed by atoms with Gasteiger partial charge in [0.2, 0.25) is 0 Å². The minimum absolute atomic E-state index is 0.0912. The van der Waals surface area contributed by atoms with Gasteiger partial charge in [0, 0.05) is 6.54 Å². The Hall–Kier alpha value is -3.22. The summed E-state index contributed by atoms with van der Waals surface area (Å²) in [5.41, 5.74) is 2.12. The van der Waals surface area contributed by atoms with E-state index in [1.165, 1.54) is 0 Å². The summed E-state index contributed by atoms with van der Waals surface area (Å²) in [4.78, 5) is 25.6. The maximum Gasteiger partial charge on any atom is 0.417 e. The summed E-state index contributed by atoms with van der Waals surface area (Å²) in [6.45, 7) is 0.361. The molecule has 130 valence electrons. The Labute approximate surface area is 143 Å². The van der Waals surface area contributed by atoms with E-state index in [1.807, 2.05) is 18.2 Å². The number of aromatic nitrogens is 1. The number of H-pyrrole nitrogens is 1. The molecule has 0 aliphatic carbocycles. The zero-order chi connectivity index (χ0) is 17.6. The van der Waals surface area contributed by atoms with E-state index in [9.17, 15) is 9.59 Å². The fourth-order valence-electron chi connectivity index (χ4n) is 2.42. The van der Waals surface area contributed by atoms with Crippen molar-refractivity contribution in [3.05, 3.63) is 58.6 Å². The van der Waals surface area contributed by atoms with Gasteiger partial charge in [0.05, 0.1) is 12.6 Å². The first kappa shape index (κ1) is 16.6. The van der Waals surface area contributed by atoms with Crippen molar-refractivity contribution in [2.75, 3.05) is 20.3 Å². The molecular weight excluding hydrogens is 324 g/mol. The molecule has 0 radical (unpaired) electrons. The molecule has 25 heavy (non-hydrogen) atoms. The lowest BCUT2D eigenvalue weighted by atomic mass is 10.1. The zero-order valence-electron chi connectivity index (χ0n) is 13.7. The van der Waals surface area contributed by atoms with Gasteiger partial charge in [-0.2, -0.15) is 0 Å². The maximum absolute atomic E-state index is 11.9. The summed E-state index contributed by atoms with van der Waals surface area (Å²) < 4.78 is 15.6. The average Bonchev–Trinajstić information content (AvgIpc) is 2.99. The molecule has 0 unspecified atom stereocenters. The lowest BCUT2D eigenvalue weighted by Gasteiger charge is -2.10. The molecule has 1 amide bonds. The molecule has 0 aliphatic rings. The largest absolute Gasteiger partial charge is 0.493 e. The van der Waals surface area contributed by atoms with Crippen molar-refractivity contribution in [3.8, 4) is 11.5 Å². The third kappa shape index (κ3) is 4.20. The van der Waals surface area contributed by atoms with E-state index in [1.54, 1.807) is 31.4 Å². The van der Waals surface area contributed by atoms with E-state index >= 15 is 0 Å². The predicted molar refractivity (Wildman–Crippen MR) is 92.0 cm³/mol. The number of methoxy groups -OCH3 is 1. The van der Waals surface area contributed by atoms with Crippen LogP contribution in [0.2, 0.25) is 0 Å². The first-order chi connectivity index (χ1) is 12.2. The molecule has 1 aromatic heterocycles. The molecule has 0 atom stereocenters. The number of hydrogen-bond donors (Lipinski definition) is 2. The second-order valence-electron chi connectivity index (χ2n) is 5.38. The van der Waals surface area contributed by atoms with Crippen LogP contribution < -0.4 is 20.5 Å². The van der Waals surface area contributed by atoms with Gasteiger partial charge < -0.3 is 19.2 Å². The number of amides is 1. The van der Waals surface area contributed by atoms with Crippen LogP contribution in [0, 0.1) is 0 Å². The van der Waals surface area contributed by atoms with Crippen LogP contribution in [0.25, 0.3) is 11.1 Å². The maximum atomic E-state index is 11.9. The number of aromatic amines is 1. The molecule has 7 nitrogen and oxygen atoms in total. The second-order valence-corrected chi connectivity index (χ2v) is 5.38. The molecule has 3 aromatic rings. The summed E-state index contributed by atoms with van der Waals surface area (Å²) in [6.07, 6.45) is 0.616. The van der Waals surface area contributed by atoms with Crippen LogP contribution in [-0.2, 0) is 11.2 Å². The number of carbonyl (C=O) groups excluding carboxylic acids is 1. The number of ether oxygens (including phenoxy) is 2. The smallest absolute Gasteiger partial charge is 0.417 e. The molecule has 2 aromatic carbocycles. The highest BCUT2D eigenvalue weighted by molar-refractivity contribution is 5.77. The molecule has 0 fully saturated rings. The van der Waals surface area contributed by atoms with Crippen LogP contribution in [0.5, 0.6) is 11.5 Å². The number of nitrogens with one attached hydrogen (secondary N) is 2. The molecule has 7 heteroatoms. The van der Waals surface area contributed by atoms with E-state index in [4.69, 9.17) is 13.9 Å². The number of fused-ring (bicyclic) bond motifs is 1. The summed E-state index contributed by atoms with van der Waals surface area (Å²) in [7, 11) is 1.55. The van der Waals surface area contributed by atoms with Gasteiger partial charge in [-0.1, -0.05) is 18.2 Å². The number of rotatable bonds is 7. The fraction of sp³-hybridized carbons (Fsp3) is 0.222. The van der Waals surface area contributed by atoms with Crippen LogP contribution in [0.4, 0.5) is 0 Å². The van der Waals surface area contributed by atoms with Crippen LogP contribution in [-0.4, -0.2) is 31.2 Å². The Kier molecular flexibility index (Phi) is 5.03. The van der Waals surface area contributed by atoms with Crippen molar-refractivity contribution in [1.82, 2.24) is 10.3 Å². The van der Waals surface area contributed by atoms with Gasteiger partial charge >= 0.3 is 5.76 Å². The fourth-order valence-corrected chi connectivity index (χ4v) is 2.42. The summed E-state index contributed by atoms with van der Waals surface area (Å²) in [5, 5.41) is 2.79. The Morgan fingerprint density at radius 1 is 1.20 bits per heavy atom. The van der Waals surface area contributed by atoms with E-state index < -0.39 is 5.76 Å². The van der Waals surface area contributed by atoms with E-state index in [2.05, 4.69) is 10.3 Å². The van der Waals surface area contributed by atoms with Crippen LogP contribution in [0.3, 0.4) is 0 Å². The van der Waals surface area contributed by atoms with Gasteiger partial charge in [-0.05, 0) is 36.2 Å². The third-order valence-electron chi connectivity index (χ3n) is 3.65. The number of para-hydroxylation sites is 2. The highest BCUT2D eigenvalue weighted by Gasteiger charge is 2.07. The van der Waals surface area contributed by atoms with E-state index in [-0.39, 0.29) is 12.5 Å². The first-order valence-corrected chi connectivity index (χ1v) is 7.80. The lowest BCUT2D eigenvalue weighted by Crippen LogP contribution is -2.30. The quantitative estimate of drug-likeness (QED) is 0.684. The lowest BCUT2D eigenvalue weighted by molar-refractivity contribution is -0.123. The number of benzene rings is 2. The van der Waals surface area contributed by atoms with Gasteiger partial charge in [-0.15, -0.1) is 0 Å². The number of carbonyl (C=O) groups is 1. The standard InChI is InChI=1S/C18H18N2O5/c1-23-14-4-2-3-5-15(14)24-11-17(21)19-9-8-12-6-7-13-16(10-12)25-18(22)20-13/h2-7,10H,8-9,11H2,1H3,(H,19,21)(H,20,22). The van der Waals surface area contributed by atoms with Crippen molar-refractivity contribution in [3.63, 3.8) is 0 Å². The molecule has 1 heterocycles. The Morgan fingerprint density at radius 3 is 2.80 bits per heavy atom. The molecule has 3 rings (SSSR count). The topological polar surface area (TPSA) is 93.6 Å². The minimum atomic E-state index is -0.478. The van der Waals surface area contributed by atoms with Crippen molar-refractivity contribution in [2.24, 2.45) is 0 Å². The molecule has 0 saturated carbocycles. The number of oxazole rings is 1. The van der Waals surface area contributed by atoms with Crippen molar-refractivity contribution < 1.29 is 18.7 Å². The van der Waals surface area contributed by atoms with Crippen LogP contribution in [0.1, 0.15) is 5.56 Å². The van der Waals surface area contributed by atoms with Gasteiger partial charge in [0.25, 0.3) is 5.91 Å². The summed E-state index contributed by atoms with van der Waals surface area (Å²) >= 11 is 0. The number of hydrogen-bond acceptors (Lipinski definition) is 5. The molecule has 0 saturated heterocycles. The van der Waals surface area contributed by atoms with Crippen molar-refractivity contribution >= 4 is 17.0 Å². The van der Waals surface area contributed by atoms with Gasteiger partial charge in [-0.25, -0.2) is 4.79 Å². The molecule has 0 spiro atoms. The predicted octanol–water partition coefficient (Wildman–Crippen LogP) is 1.87. The Bertz CT molecular complexity index is 928. The average molecular weight is 342 g/mol. The van der Waals surface area contributed by atoms with Crippen LogP contribution >= 0.6 is 0 Å². The first-order valence-electron chi connectivity index (χ1n) is 7.80. The van der Waals surface area contributed by atoms with Gasteiger partial charge in [-0.3, -0.25) is 9.78 Å². The molecule has 0 bridgehead atoms. The summed E-state index contributed by atoms with van der Waals surface area (Å²) in [5.74, 6) is 0.402. The Morgan fingerprint density at radius 2 is 2.00 bits per heavy atom. The molecular formula is C18H18N2O5. The van der Waals surface area contributed by atoms with Crippen molar-refractivity contribution in [1.29, 1.82) is 0 Å². The molecule has 0 aliphatic heterocycles. The van der Waals surface area contributed by atoms with E-state index in [0.29, 0.717) is 35.6 Å². The highest BCUT2D eigenvalue weighted by Crippen LogP contribution is 2.25.